The molecule has 3 rings (SSSR count). The van der Waals surface area contributed by atoms with Crippen molar-refractivity contribution in [3.8, 4) is 5.75 Å². The van der Waals surface area contributed by atoms with Crippen LogP contribution in [0, 0.1) is 0 Å². The number of hydrogen-bond donors (Lipinski definition) is 0. The van der Waals surface area contributed by atoms with Gasteiger partial charge in [-0.2, -0.15) is 0 Å². The monoisotopic (exact) mass is 339 g/mol. The van der Waals surface area contributed by atoms with Gasteiger partial charge in [-0.15, -0.1) is 11.3 Å². The molecule has 0 radical (unpaired) electrons. The predicted octanol–water partition coefficient (Wildman–Crippen LogP) is 3.81. The van der Waals surface area contributed by atoms with Crippen molar-refractivity contribution >= 4 is 38.9 Å². The Morgan fingerprint density at radius 2 is 2.05 bits per heavy atom. The van der Waals surface area contributed by atoms with E-state index in [0.717, 1.165) is 15.8 Å². The number of methoxy groups -OCH3 is 1. The lowest BCUT2D eigenvalue weighted by atomic mass is 10.2. The first-order valence-electron chi connectivity index (χ1n) is 7.20. The van der Waals surface area contributed by atoms with E-state index in [9.17, 15) is 4.79 Å². The number of fused-ring (bicyclic) bond motifs is 1. The summed E-state index contributed by atoms with van der Waals surface area (Å²) in [6.07, 6.45) is 0.0851. The minimum atomic E-state index is -0.0211. The number of carbonyl (C=O) groups is 1. The fraction of sp³-hybridized carbons (Fsp3) is 0.438. The summed E-state index contributed by atoms with van der Waals surface area (Å²) < 4.78 is 11.9. The molecule has 0 N–H and O–H groups in total. The first-order chi connectivity index (χ1) is 10.5. The van der Waals surface area contributed by atoms with Gasteiger partial charge in [-0.1, -0.05) is 11.6 Å². The normalized spacial score (nSPS) is 22.1. The SMILES string of the molecule is COc1ccc2c(Cl)c(C(=O)N3C[C@H](C)O[C@@H](C)C3)sc2c1. The van der Waals surface area contributed by atoms with E-state index < -0.39 is 0 Å². The topological polar surface area (TPSA) is 38.8 Å². The number of benzene rings is 1. The summed E-state index contributed by atoms with van der Waals surface area (Å²) in [6.45, 7) is 5.15. The zero-order valence-corrected chi connectivity index (χ0v) is 14.3. The summed E-state index contributed by atoms with van der Waals surface area (Å²) in [5.74, 6) is 0.741. The summed E-state index contributed by atoms with van der Waals surface area (Å²) in [5.41, 5.74) is 0. The first kappa shape index (κ1) is 15.6. The number of halogens is 1. The number of ether oxygens (including phenoxy) is 2. The summed E-state index contributed by atoms with van der Waals surface area (Å²) in [7, 11) is 1.62. The molecule has 0 unspecified atom stereocenters. The van der Waals surface area contributed by atoms with Gasteiger partial charge in [0.15, 0.2) is 0 Å². The van der Waals surface area contributed by atoms with Gasteiger partial charge in [-0.3, -0.25) is 4.79 Å². The van der Waals surface area contributed by atoms with E-state index >= 15 is 0 Å². The van der Waals surface area contributed by atoms with Crippen molar-refractivity contribution in [2.75, 3.05) is 20.2 Å². The lowest BCUT2D eigenvalue weighted by molar-refractivity contribution is -0.0584. The van der Waals surface area contributed by atoms with Crippen molar-refractivity contribution in [3.05, 3.63) is 28.1 Å². The van der Waals surface area contributed by atoms with Crippen molar-refractivity contribution in [3.63, 3.8) is 0 Å². The van der Waals surface area contributed by atoms with E-state index in [0.29, 0.717) is 23.0 Å². The number of nitrogens with zero attached hydrogens (tertiary/aromatic N) is 1. The molecule has 22 heavy (non-hydrogen) atoms. The number of morpholine rings is 1. The molecule has 1 amide bonds. The van der Waals surface area contributed by atoms with Crippen molar-refractivity contribution < 1.29 is 14.3 Å². The molecule has 1 aliphatic heterocycles. The number of hydrogen-bond acceptors (Lipinski definition) is 4. The van der Waals surface area contributed by atoms with Crippen molar-refractivity contribution in [2.24, 2.45) is 0 Å². The largest absolute Gasteiger partial charge is 0.497 e. The fourth-order valence-corrected chi connectivity index (χ4v) is 4.31. The summed E-state index contributed by atoms with van der Waals surface area (Å²) in [5, 5.41) is 1.42. The Labute approximate surface area is 138 Å². The molecule has 2 aromatic rings. The van der Waals surface area contributed by atoms with Gasteiger partial charge in [0, 0.05) is 23.2 Å². The van der Waals surface area contributed by atoms with Gasteiger partial charge in [0.05, 0.1) is 24.3 Å². The Kier molecular flexibility index (Phi) is 4.30. The molecule has 1 aromatic heterocycles. The van der Waals surface area contributed by atoms with Crippen LogP contribution in [0.3, 0.4) is 0 Å². The third-order valence-corrected chi connectivity index (χ3v) is 5.38. The van der Waals surface area contributed by atoms with Crippen LogP contribution in [-0.4, -0.2) is 43.2 Å². The number of rotatable bonds is 2. The lowest BCUT2D eigenvalue weighted by Gasteiger charge is -2.35. The van der Waals surface area contributed by atoms with Crippen molar-refractivity contribution in [1.29, 1.82) is 0 Å². The second-order valence-corrected chi connectivity index (χ2v) is 7.00. The van der Waals surface area contributed by atoms with Gasteiger partial charge < -0.3 is 14.4 Å². The maximum absolute atomic E-state index is 12.8. The van der Waals surface area contributed by atoms with Crippen LogP contribution in [0.5, 0.6) is 5.75 Å². The Morgan fingerprint density at radius 1 is 1.36 bits per heavy atom. The molecule has 1 saturated heterocycles. The Bertz CT molecular complexity index is 705. The van der Waals surface area contributed by atoms with Gasteiger partial charge in [0.1, 0.15) is 10.6 Å². The smallest absolute Gasteiger partial charge is 0.265 e. The van der Waals surface area contributed by atoms with Gasteiger partial charge in [0.25, 0.3) is 5.91 Å². The van der Waals surface area contributed by atoms with E-state index in [-0.39, 0.29) is 18.1 Å². The van der Waals surface area contributed by atoms with Crippen molar-refractivity contribution in [1.82, 2.24) is 4.90 Å². The maximum atomic E-state index is 12.8. The molecule has 0 saturated carbocycles. The predicted molar refractivity (Wildman–Crippen MR) is 89.3 cm³/mol. The molecular formula is C16H18ClNO3S. The minimum absolute atomic E-state index is 0.0211. The molecule has 0 spiro atoms. The summed E-state index contributed by atoms with van der Waals surface area (Å²) in [4.78, 5) is 15.2. The van der Waals surface area contributed by atoms with Crippen LogP contribution < -0.4 is 4.74 Å². The molecule has 1 aromatic carbocycles. The van der Waals surface area contributed by atoms with E-state index in [1.54, 1.807) is 7.11 Å². The van der Waals surface area contributed by atoms with Crippen LogP contribution in [0.25, 0.3) is 10.1 Å². The highest BCUT2D eigenvalue weighted by atomic mass is 35.5. The van der Waals surface area contributed by atoms with Crippen LogP contribution in [0.1, 0.15) is 23.5 Å². The Hall–Kier alpha value is -1.30. The first-order valence-corrected chi connectivity index (χ1v) is 8.39. The average molecular weight is 340 g/mol. The molecule has 0 aliphatic carbocycles. The number of thiophene rings is 1. The average Bonchev–Trinajstić information content (AvgIpc) is 2.82. The molecule has 6 heteroatoms. The third-order valence-electron chi connectivity index (χ3n) is 3.74. The van der Waals surface area contributed by atoms with Gasteiger partial charge in [-0.25, -0.2) is 0 Å². The summed E-state index contributed by atoms with van der Waals surface area (Å²) >= 11 is 7.84. The van der Waals surface area contributed by atoms with E-state index in [1.165, 1.54) is 11.3 Å². The molecule has 118 valence electrons. The van der Waals surface area contributed by atoms with Crippen molar-refractivity contribution in [2.45, 2.75) is 26.1 Å². The second-order valence-electron chi connectivity index (χ2n) is 5.57. The van der Waals surface area contributed by atoms with Crippen LogP contribution in [0.15, 0.2) is 18.2 Å². The third kappa shape index (κ3) is 2.81. The highest BCUT2D eigenvalue weighted by Gasteiger charge is 2.29. The molecule has 2 heterocycles. The second kappa shape index (κ2) is 6.07. The van der Waals surface area contributed by atoms with Gasteiger partial charge >= 0.3 is 0 Å². The number of carbonyl (C=O) groups excluding carboxylic acids is 1. The van der Waals surface area contributed by atoms with E-state index in [4.69, 9.17) is 21.1 Å². The molecule has 1 fully saturated rings. The Morgan fingerprint density at radius 3 is 2.68 bits per heavy atom. The van der Waals surface area contributed by atoms with E-state index in [2.05, 4.69) is 0 Å². The zero-order chi connectivity index (χ0) is 15.9. The lowest BCUT2D eigenvalue weighted by Crippen LogP contribution is -2.48. The van der Waals surface area contributed by atoms with Crippen LogP contribution in [0.2, 0.25) is 5.02 Å². The highest BCUT2D eigenvalue weighted by molar-refractivity contribution is 7.21. The van der Waals surface area contributed by atoms with Gasteiger partial charge in [-0.05, 0) is 32.0 Å². The molecule has 1 aliphatic rings. The van der Waals surface area contributed by atoms with Crippen LogP contribution in [-0.2, 0) is 4.74 Å². The van der Waals surface area contributed by atoms with Crippen LogP contribution >= 0.6 is 22.9 Å². The quantitative estimate of drug-likeness (QED) is 0.835. The fourth-order valence-electron chi connectivity index (χ4n) is 2.80. The van der Waals surface area contributed by atoms with Crippen LogP contribution in [0.4, 0.5) is 0 Å². The Balaban J connectivity index is 1.95. The van der Waals surface area contributed by atoms with E-state index in [1.807, 2.05) is 36.9 Å². The summed E-state index contributed by atoms with van der Waals surface area (Å²) in [6, 6.07) is 5.66. The molecule has 2 atom stereocenters. The minimum Gasteiger partial charge on any atom is -0.497 e. The molecular weight excluding hydrogens is 322 g/mol. The maximum Gasteiger partial charge on any atom is 0.265 e. The highest BCUT2D eigenvalue weighted by Crippen LogP contribution is 2.38. The van der Waals surface area contributed by atoms with Gasteiger partial charge in [0.2, 0.25) is 0 Å². The number of amides is 1. The standard InChI is InChI=1S/C16H18ClNO3S/c1-9-7-18(8-10(2)21-9)16(19)15-14(17)12-5-4-11(20-3)6-13(12)22-15/h4-6,9-10H,7-8H2,1-3H3/t9-,10-/m0/s1. The molecule has 0 bridgehead atoms. The molecule has 4 nitrogen and oxygen atoms in total. The zero-order valence-electron chi connectivity index (χ0n) is 12.8.